The van der Waals surface area contributed by atoms with Crippen LogP contribution < -0.4 is 5.32 Å². The van der Waals surface area contributed by atoms with Crippen LogP contribution in [-0.4, -0.2) is 66.7 Å². The Kier molecular flexibility index (Phi) is 6.31. The van der Waals surface area contributed by atoms with Crippen molar-refractivity contribution >= 4 is 11.9 Å². The van der Waals surface area contributed by atoms with Gasteiger partial charge in [0.2, 0.25) is 5.91 Å². The smallest absolute Gasteiger partial charge is 0.320 e. The maximum atomic E-state index is 13.6. The molecule has 3 amide bonds. The third kappa shape index (κ3) is 4.74. The Morgan fingerprint density at radius 2 is 1.61 bits per heavy atom. The van der Waals surface area contributed by atoms with Crippen LogP contribution in [0, 0.1) is 11.7 Å². The summed E-state index contributed by atoms with van der Waals surface area (Å²) in [6.07, 6.45) is 2.53. The minimum absolute atomic E-state index is 0.000161. The van der Waals surface area contributed by atoms with Crippen molar-refractivity contribution in [3.63, 3.8) is 0 Å². The molecule has 3 atom stereocenters. The number of urea groups is 1. The fourth-order valence-electron chi connectivity index (χ4n) is 5.56. The van der Waals surface area contributed by atoms with Crippen LogP contribution in [-0.2, 0) is 9.53 Å². The van der Waals surface area contributed by atoms with Crippen molar-refractivity contribution in [1.82, 2.24) is 15.1 Å². The van der Waals surface area contributed by atoms with Crippen LogP contribution >= 0.6 is 0 Å². The highest BCUT2D eigenvalue weighted by atomic mass is 19.1. The molecule has 3 heterocycles. The minimum atomic E-state index is -0.227. The quantitative estimate of drug-likeness (QED) is 0.778. The highest BCUT2D eigenvalue weighted by Crippen LogP contribution is 2.38. The highest BCUT2D eigenvalue weighted by molar-refractivity contribution is 5.79. The lowest BCUT2D eigenvalue weighted by Gasteiger charge is -2.44. The molecule has 174 valence electrons. The van der Waals surface area contributed by atoms with E-state index < -0.39 is 0 Å². The molecular weight excluding hydrogens is 421 g/mol. The van der Waals surface area contributed by atoms with E-state index in [-0.39, 0.29) is 42.4 Å². The van der Waals surface area contributed by atoms with Crippen LogP contribution in [0.15, 0.2) is 54.6 Å². The molecule has 0 bridgehead atoms. The van der Waals surface area contributed by atoms with Gasteiger partial charge in [0.25, 0.3) is 0 Å². The monoisotopic (exact) mass is 451 g/mol. The number of hydrogen-bond donors (Lipinski definition) is 1. The van der Waals surface area contributed by atoms with E-state index in [9.17, 15) is 14.0 Å². The Morgan fingerprint density at radius 1 is 0.939 bits per heavy atom. The minimum Gasteiger partial charge on any atom is -0.366 e. The largest absolute Gasteiger partial charge is 0.366 e. The molecule has 1 N–H and O–H groups in total. The van der Waals surface area contributed by atoms with Crippen molar-refractivity contribution in [3.05, 3.63) is 71.5 Å². The van der Waals surface area contributed by atoms with E-state index in [2.05, 4.69) is 17.4 Å². The number of ether oxygens (including phenoxy) is 1. The van der Waals surface area contributed by atoms with Crippen LogP contribution in [0.2, 0.25) is 0 Å². The number of rotatable bonds is 3. The van der Waals surface area contributed by atoms with Crippen LogP contribution in [0.1, 0.15) is 36.3 Å². The van der Waals surface area contributed by atoms with Gasteiger partial charge in [0, 0.05) is 32.1 Å². The Morgan fingerprint density at radius 3 is 2.33 bits per heavy atom. The fourth-order valence-corrected chi connectivity index (χ4v) is 5.56. The SMILES string of the molecule is O=C1CO[C@H]2CCN(C(=O)N3CCC(C(c4ccccc4)c4ccc(F)cc4)CC3)C[C@H]2N1. The fraction of sp³-hybridized carbons (Fsp3) is 0.462. The number of morpholine rings is 1. The van der Waals surface area contributed by atoms with E-state index in [1.54, 1.807) is 0 Å². The molecule has 0 aliphatic carbocycles. The maximum Gasteiger partial charge on any atom is 0.320 e. The molecule has 0 aromatic heterocycles. The first-order chi connectivity index (χ1) is 16.1. The molecule has 3 aliphatic heterocycles. The van der Waals surface area contributed by atoms with Crippen molar-refractivity contribution in [2.45, 2.75) is 37.3 Å². The number of nitrogens with one attached hydrogen (secondary N) is 1. The van der Waals surface area contributed by atoms with Gasteiger partial charge in [0.15, 0.2) is 0 Å². The first-order valence-electron chi connectivity index (χ1n) is 11.8. The van der Waals surface area contributed by atoms with Gasteiger partial charge in [-0.15, -0.1) is 0 Å². The molecule has 6 nitrogen and oxygen atoms in total. The van der Waals surface area contributed by atoms with E-state index >= 15 is 0 Å². The Bertz CT molecular complexity index is 976. The van der Waals surface area contributed by atoms with E-state index in [0.29, 0.717) is 32.1 Å². The molecule has 7 heteroatoms. The van der Waals surface area contributed by atoms with E-state index in [0.717, 1.165) is 24.8 Å². The van der Waals surface area contributed by atoms with E-state index in [4.69, 9.17) is 4.74 Å². The maximum absolute atomic E-state index is 13.6. The molecule has 0 spiro atoms. The van der Waals surface area contributed by atoms with Crippen LogP contribution in [0.5, 0.6) is 0 Å². The standard InChI is InChI=1S/C26H30FN3O3/c27-21-8-6-19(7-9-21)25(18-4-2-1-3-5-18)20-10-13-29(14-11-20)26(32)30-15-12-23-22(16-30)28-24(31)17-33-23/h1-9,20,22-23,25H,10-17H2,(H,28,31)/t22-,23+,25?/m1/s1. The van der Waals surface area contributed by atoms with Crippen molar-refractivity contribution in [1.29, 1.82) is 0 Å². The summed E-state index contributed by atoms with van der Waals surface area (Å²) in [7, 11) is 0. The zero-order chi connectivity index (χ0) is 22.8. The number of hydrogen-bond acceptors (Lipinski definition) is 3. The number of benzene rings is 2. The van der Waals surface area contributed by atoms with Gasteiger partial charge < -0.3 is 19.9 Å². The first kappa shape index (κ1) is 21.9. The molecule has 0 saturated carbocycles. The lowest BCUT2D eigenvalue weighted by molar-refractivity contribution is -0.139. The number of piperidine rings is 2. The molecule has 33 heavy (non-hydrogen) atoms. The van der Waals surface area contributed by atoms with Gasteiger partial charge in [-0.1, -0.05) is 42.5 Å². The third-order valence-corrected chi connectivity index (χ3v) is 7.26. The summed E-state index contributed by atoms with van der Waals surface area (Å²) >= 11 is 0. The van der Waals surface area contributed by atoms with Gasteiger partial charge in [0.05, 0.1) is 12.1 Å². The van der Waals surface area contributed by atoms with E-state index in [1.165, 1.54) is 17.7 Å². The summed E-state index contributed by atoms with van der Waals surface area (Å²) in [6, 6.07) is 17.1. The van der Waals surface area contributed by atoms with Crippen molar-refractivity contribution in [3.8, 4) is 0 Å². The summed E-state index contributed by atoms with van der Waals surface area (Å²) in [4.78, 5) is 28.7. The number of carbonyl (C=O) groups is 2. The normalized spacial score (nSPS) is 24.7. The van der Waals surface area contributed by atoms with Crippen LogP contribution in [0.4, 0.5) is 9.18 Å². The van der Waals surface area contributed by atoms with Gasteiger partial charge in [0.1, 0.15) is 12.4 Å². The highest BCUT2D eigenvalue weighted by Gasteiger charge is 2.38. The van der Waals surface area contributed by atoms with Gasteiger partial charge in [-0.3, -0.25) is 4.79 Å². The second-order valence-electron chi connectivity index (χ2n) is 9.31. The molecule has 3 saturated heterocycles. The van der Waals surface area contributed by atoms with E-state index in [1.807, 2.05) is 40.1 Å². The van der Waals surface area contributed by atoms with Crippen LogP contribution in [0.3, 0.4) is 0 Å². The Hall–Kier alpha value is -2.93. The molecule has 5 rings (SSSR count). The van der Waals surface area contributed by atoms with Crippen molar-refractivity contribution in [2.24, 2.45) is 5.92 Å². The third-order valence-electron chi connectivity index (χ3n) is 7.26. The average molecular weight is 452 g/mol. The van der Waals surface area contributed by atoms with Gasteiger partial charge >= 0.3 is 6.03 Å². The second-order valence-corrected chi connectivity index (χ2v) is 9.31. The number of amides is 3. The predicted molar refractivity (Wildman–Crippen MR) is 122 cm³/mol. The topological polar surface area (TPSA) is 61.9 Å². The van der Waals surface area contributed by atoms with Gasteiger partial charge in [-0.25, -0.2) is 9.18 Å². The summed E-state index contributed by atoms with van der Waals surface area (Å²) < 4.78 is 19.2. The lowest BCUT2D eigenvalue weighted by Crippen LogP contribution is -2.62. The predicted octanol–water partition coefficient (Wildman–Crippen LogP) is 3.38. The molecule has 1 unspecified atom stereocenters. The summed E-state index contributed by atoms with van der Waals surface area (Å²) in [6.45, 7) is 2.65. The molecule has 0 radical (unpaired) electrons. The Labute approximate surface area is 193 Å². The summed E-state index contributed by atoms with van der Waals surface area (Å²) in [5.74, 6) is 0.210. The van der Waals surface area contributed by atoms with Crippen LogP contribution in [0.25, 0.3) is 0 Å². The van der Waals surface area contributed by atoms with Gasteiger partial charge in [-0.2, -0.15) is 0 Å². The molecule has 2 aromatic rings. The van der Waals surface area contributed by atoms with Crippen molar-refractivity contribution in [2.75, 3.05) is 32.8 Å². The molecule has 3 fully saturated rings. The lowest BCUT2D eigenvalue weighted by atomic mass is 9.76. The first-order valence-corrected chi connectivity index (χ1v) is 11.8. The number of halogens is 1. The van der Waals surface area contributed by atoms with Gasteiger partial charge in [-0.05, 0) is 48.4 Å². The zero-order valence-corrected chi connectivity index (χ0v) is 18.7. The number of carbonyl (C=O) groups excluding carboxylic acids is 2. The molecule has 3 aliphatic rings. The molecular formula is C26H30FN3O3. The average Bonchev–Trinajstić information content (AvgIpc) is 2.85. The summed E-state index contributed by atoms with van der Waals surface area (Å²) in [5.41, 5.74) is 2.34. The zero-order valence-electron chi connectivity index (χ0n) is 18.7. The summed E-state index contributed by atoms with van der Waals surface area (Å²) in [5, 5.41) is 2.97. The number of nitrogens with zero attached hydrogens (tertiary/aromatic N) is 2. The van der Waals surface area contributed by atoms with Crippen molar-refractivity contribution < 1.29 is 18.7 Å². The Balaban J connectivity index is 1.25. The second kappa shape index (κ2) is 9.51. The number of fused-ring (bicyclic) bond motifs is 1. The number of likely N-dealkylation sites (tertiary alicyclic amines) is 2. The molecule has 2 aromatic carbocycles.